The summed E-state index contributed by atoms with van der Waals surface area (Å²) in [6.07, 6.45) is 1.70. The van der Waals surface area contributed by atoms with Crippen LogP contribution >= 0.6 is 11.6 Å². The van der Waals surface area contributed by atoms with Gasteiger partial charge in [-0.1, -0.05) is 87.3 Å². The topological polar surface area (TPSA) is 81.4 Å². The van der Waals surface area contributed by atoms with Gasteiger partial charge in [-0.2, -0.15) is 0 Å². The number of imidazole rings is 1. The number of hydrogen-bond donors (Lipinski definition) is 1. The van der Waals surface area contributed by atoms with E-state index in [1.54, 1.807) is 4.57 Å². The number of hydrogen-bond acceptors (Lipinski definition) is 4. The van der Waals surface area contributed by atoms with Gasteiger partial charge in [0.2, 0.25) is 0 Å². The smallest absolute Gasteiger partial charge is 0.290 e. The van der Waals surface area contributed by atoms with Gasteiger partial charge in [-0.25, -0.2) is 9.89 Å². The van der Waals surface area contributed by atoms with Gasteiger partial charge < -0.3 is 0 Å². The molecule has 0 saturated carbocycles. The normalized spacial score (nSPS) is 11.4. The Kier molecular flexibility index (Phi) is 6.55. The van der Waals surface area contributed by atoms with Gasteiger partial charge in [0, 0.05) is 12.1 Å². The third-order valence-corrected chi connectivity index (χ3v) is 5.85. The maximum atomic E-state index is 13.1. The van der Waals surface area contributed by atoms with E-state index in [0.29, 0.717) is 30.0 Å². The number of H-pyrrole nitrogens is 1. The number of nitrogens with one attached hydrogen (secondary N) is 1. The van der Waals surface area contributed by atoms with Crippen molar-refractivity contribution in [1.29, 1.82) is 0 Å². The van der Waals surface area contributed by atoms with Crippen molar-refractivity contribution in [3.8, 4) is 22.5 Å². The summed E-state index contributed by atoms with van der Waals surface area (Å²) >= 11 is 6.62. The maximum Gasteiger partial charge on any atom is 0.329 e. The first-order valence-corrected chi connectivity index (χ1v) is 11.3. The molecule has 4 aromatic rings. The summed E-state index contributed by atoms with van der Waals surface area (Å²) in [7, 11) is 0. The summed E-state index contributed by atoms with van der Waals surface area (Å²) in [5.41, 5.74) is 4.94. The SMILES string of the molecule is CCCc1c(Cl)n(CC(C)C)c(=O)n1Cc1ccc(-c2ccccc2-c2nnn[nH]2)cc1. The predicted octanol–water partition coefficient (Wildman–Crippen LogP) is 4.81. The number of aromatic nitrogens is 6. The average molecular weight is 451 g/mol. The summed E-state index contributed by atoms with van der Waals surface area (Å²) in [6, 6.07) is 16.2. The van der Waals surface area contributed by atoms with E-state index in [2.05, 4.69) is 65.7 Å². The lowest BCUT2D eigenvalue weighted by Gasteiger charge is -2.10. The van der Waals surface area contributed by atoms with Gasteiger partial charge in [-0.15, -0.1) is 5.10 Å². The van der Waals surface area contributed by atoms with Crippen molar-refractivity contribution >= 4 is 11.6 Å². The summed E-state index contributed by atoms with van der Waals surface area (Å²) < 4.78 is 3.52. The molecule has 2 heterocycles. The van der Waals surface area contributed by atoms with Crippen LogP contribution in [0.1, 0.15) is 38.4 Å². The number of benzene rings is 2. The maximum absolute atomic E-state index is 13.1. The van der Waals surface area contributed by atoms with Crippen molar-refractivity contribution in [2.45, 2.75) is 46.7 Å². The van der Waals surface area contributed by atoms with Crippen molar-refractivity contribution in [2.24, 2.45) is 5.92 Å². The van der Waals surface area contributed by atoms with Gasteiger partial charge in [-0.3, -0.25) is 9.13 Å². The zero-order chi connectivity index (χ0) is 22.7. The Bertz CT molecular complexity index is 1240. The molecule has 0 saturated heterocycles. The molecule has 1 N–H and O–H groups in total. The molecule has 8 heteroatoms. The highest BCUT2D eigenvalue weighted by Crippen LogP contribution is 2.30. The minimum Gasteiger partial charge on any atom is -0.290 e. The number of tetrazole rings is 1. The van der Waals surface area contributed by atoms with Gasteiger partial charge in [0.25, 0.3) is 0 Å². The molecule has 0 aliphatic heterocycles. The monoisotopic (exact) mass is 450 g/mol. The molecule has 166 valence electrons. The van der Waals surface area contributed by atoms with Crippen LogP contribution in [0.4, 0.5) is 0 Å². The fraction of sp³-hybridized carbons (Fsp3) is 0.333. The van der Waals surface area contributed by atoms with E-state index in [4.69, 9.17) is 11.6 Å². The van der Waals surface area contributed by atoms with Gasteiger partial charge >= 0.3 is 5.69 Å². The Morgan fingerprint density at radius 3 is 2.38 bits per heavy atom. The largest absolute Gasteiger partial charge is 0.329 e. The quantitative estimate of drug-likeness (QED) is 0.417. The Balaban J connectivity index is 1.66. The molecule has 0 radical (unpaired) electrons. The second-order valence-electron chi connectivity index (χ2n) is 8.35. The van der Waals surface area contributed by atoms with Crippen LogP contribution in [-0.2, 0) is 19.5 Å². The molecule has 0 unspecified atom stereocenters. The Morgan fingerprint density at radius 1 is 1.03 bits per heavy atom. The molecule has 2 aromatic heterocycles. The Labute approximate surface area is 192 Å². The number of rotatable bonds is 8. The van der Waals surface area contributed by atoms with Crippen molar-refractivity contribution in [2.75, 3.05) is 0 Å². The zero-order valence-electron chi connectivity index (χ0n) is 18.5. The van der Waals surface area contributed by atoms with Gasteiger partial charge in [0.05, 0.1) is 12.2 Å². The van der Waals surface area contributed by atoms with Crippen molar-refractivity contribution < 1.29 is 0 Å². The molecule has 2 aromatic carbocycles. The third kappa shape index (κ3) is 4.39. The molecule has 0 spiro atoms. The minimum atomic E-state index is -0.0422. The molecular weight excluding hydrogens is 424 g/mol. The van der Waals surface area contributed by atoms with E-state index in [1.165, 1.54) is 0 Å². The standard InChI is InChI=1S/C24H27ClN6O/c1-4-7-21-22(25)31(14-16(2)3)24(32)30(21)15-17-10-12-18(13-11-17)19-8-5-6-9-20(19)23-26-28-29-27-23/h5-6,8-13,16H,4,7,14-15H2,1-3H3,(H,26,27,28,29). The van der Waals surface area contributed by atoms with Gasteiger partial charge in [0.1, 0.15) is 5.15 Å². The second-order valence-corrected chi connectivity index (χ2v) is 8.71. The molecule has 0 amide bonds. The molecule has 32 heavy (non-hydrogen) atoms. The second kappa shape index (κ2) is 9.53. The summed E-state index contributed by atoms with van der Waals surface area (Å²) in [5.74, 6) is 0.969. The number of nitrogens with zero attached hydrogens (tertiary/aromatic N) is 5. The highest BCUT2D eigenvalue weighted by atomic mass is 35.5. The molecule has 0 bridgehead atoms. The Morgan fingerprint density at radius 2 is 1.75 bits per heavy atom. The van der Waals surface area contributed by atoms with Gasteiger partial charge in [0.15, 0.2) is 5.82 Å². The van der Waals surface area contributed by atoms with Crippen molar-refractivity contribution in [3.63, 3.8) is 0 Å². The highest BCUT2D eigenvalue weighted by Gasteiger charge is 2.19. The van der Waals surface area contributed by atoms with Crippen LogP contribution in [0.2, 0.25) is 5.15 Å². The van der Waals surface area contributed by atoms with Crippen LogP contribution < -0.4 is 5.69 Å². The summed E-state index contributed by atoms with van der Waals surface area (Å²) in [6.45, 7) is 7.39. The fourth-order valence-electron chi connectivity index (χ4n) is 3.96. The molecule has 4 rings (SSSR count). The molecular formula is C24H27ClN6O. The summed E-state index contributed by atoms with van der Waals surface area (Å²) in [5, 5.41) is 14.8. The van der Waals surface area contributed by atoms with Crippen LogP contribution in [-0.4, -0.2) is 29.8 Å². The number of aromatic amines is 1. The van der Waals surface area contributed by atoms with E-state index in [0.717, 1.165) is 40.8 Å². The van der Waals surface area contributed by atoms with E-state index in [1.807, 2.05) is 28.8 Å². The lowest BCUT2D eigenvalue weighted by Crippen LogP contribution is -2.27. The highest BCUT2D eigenvalue weighted by molar-refractivity contribution is 6.30. The van der Waals surface area contributed by atoms with Crippen LogP contribution in [0, 0.1) is 5.92 Å². The zero-order valence-corrected chi connectivity index (χ0v) is 19.3. The van der Waals surface area contributed by atoms with Crippen LogP contribution in [0.5, 0.6) is 0 Å². The third-order valence-electron chi connectivity index (χ3n) is 5.43. The van der Waals surface area contributed by atoms with Gasteiger partial charge in [-0.05, 0) is 39.5 Å². The Hall–Kier alpha value is -3.19. The minimum absolute atomic E-state index is 0.0422. The fourth-order valence-corrected chi connectivity index (χ4v) is 4.30. The number of halogens is 1. The molecule has 0 fully saturated rings. The predicted molar refractivity (Wildman–Crippen MR) is 127 cm³/mol. The van der Waals surface area contributed by atoms with E-state index >= 15 is 0 Å². The lowest BCUT2D eigenvalue weighted by atomic mass is 9.98. The first-order chi connectivity index (χ1) is 15.5. The lowest BCUT2D eigenvalue weighted by molar-refractivity contribution is 0.504. The summed E-state index contributed by atoms with van der Waals surface area (Å²) in [4.78, 5) is 13.1. The molecule has 0 aliphatic rings. The van der Waals surface area contributed by atoms with E-state index in [-0.39, 0.29) is 5.69 Å². The molecule has 0 atom stereocenters. The van der Waals surface area contributed by atoms with Crippen LogP contribution in [0.3, 0.4) is 0 Å². The van der Waals surface area contributed by atoms with Crippen molar-refractivity contribution in [1.82, 2.24) is 29.8 Å². The van der Waals surface area contributed by atoms with E-state index < -0.39 is 0 Å². The molecule has 7 nitrogen and oxygen atoms in total. The average Bonchev–Trinajstić information content (AvgIpc) is 3.40. The first-order valence-electron chi connectivity index (χ1n) is 10.9. The van der Waals surface area contributed by atoms with Crippen LogP contribution in [0.15, 0.2) is 53.3 Å². The molecule has 0 aliphatic carbocycles. The first kappa shape index (κ1) is 22.0. The van der Waals surface area contributed by atoms with Crippen LogP contribution in [0.25, 0.3) is 22.5 Å². The van der Waals surface area contributed by atoms with E-state index in [9.17, 15) is 4.79 Å². The van der Waals surface area contributed by atoms with Crippen molar-refractivity contribution in [3.05, 3.63) is 75.4 Å².